The third-order valence-electron chi connectivity index (χ3n) is 2.58. The van der Waals surface area contributed by atoms with E-state index in [1.165, 1.54) is 0 Å². The molecule has 4 heteroatoms. The van der Waals surface area contributed by atoms with Gasteiger partial charge in [0.1, 0.15) is 5.60 Å². The summed E-state index contributed by atoms with van der Waals surface area (Å²) in [5.74, 6) is -0.726. The fourth-order valence-electron chi connectivity index (χ4n) is 1.61. The molecule has 100 valence electrons. The van der Waals surface area contributed by atoms with Gasteiger partial charge in [0.2, 0.25) is 5.60 Å². The van der Waals surface area contributed by atoms with Gasteiger partial charge in [0, 0.05) is 6.04 Å². The van der Waals surface area contributed by atoms with Gasteiger partial charge in [-0.2, -0.15) is 0 Å². The molecule has 0 aliphatic rings. The van der Waals surface area contributed by atoms with E-state index in [1.54, 1.807) is 58.0 Å². The van der Waals surface area contributed by atoms with E-state index in [-0.39, 0.29) is 0 Å². The Balaban J connectivity index is 3.13. The summed E-state index contributed by atoms with van der Waals surface area (Å²) >= 11 is 0. The normalized spacial score (nSPS) is 16.8. The number of ether oxygens (including phenoxy) is 1. The molecule has 0 unspecified atom stereocenters. The summed E-state index contributed by atoms with van der Waals surface area (Å²) in [6.45, 7) is 6.82. The van der Waals surface area contributed by atoms with Gasteiger partial charge in [0.25, 0.3) is 0 Å². The van der Waals surface area contributed by atoms with Crippen molar-refractivity contribution in [2.24, 2.45) is 5.73 Å². The molecule has 4 nitrogen and oxygen atoms in total. The van der Waals surface area contributed by atoms with Crippen LogP contribution < -0.4 is 5.73 Å². The zero-order chi connectivity index (χ0) is 14.0. The summed E-state index contributed by atoms with van der Waals surface area (Å²) in [6, 6.07) is 7.84. The largest absolute Gasteiger partial charge is 0.458 e. The predicted molar refractivity (Wildman–Crippen MR) is 69.8 cm³/mol. The molecule has 0 saturated heterocycles. The van der Waals surface area contributed by atoms with Crippen LogP contribution in [0.2, 0.25) is 0 Å². The van der Waals surface area contributed by atoms with E-state index < -0.39 is 23.2 Å². The Morgan fingerprint density at radius 1 is 1.28 bits per heavy atom. The van der Waals surface area contributed by atoms with Gasteiger partial charge in [0.15, 0.2) is 0 Å². The van der Waals surface area contributed by atoms with Crippen molar-refractivity contribution in [1.82, 2.24) is 0 Å². The average molecular weight is 251 g/mol. The summed E-state index contributed by atoms with van der Waals surface area (Å²) in [5.41, 5.74) is 3.71. The molecular weight excluding hydrogens is 230 g/mol. The molecule has 0 heterocycles. The molecule has 0 aromatic heterocycles. The molecule has 0 saturated carbocycles. The van der Waals surface area contributed by atoms with Gasteiger partial charge in [-0.3, -0.25) is 0 Å². The second-order valence-corrected chi connectivity index (χ2v) is 5.42. The summed E-state index contributed by atoms with van der Waals surface area (Å²) in [4.78, 5) is 12.2. The molecule has 0 aliphatic carbocycles. The van der Waals surface area contributed by atoms with Crippen molar-refractivity contribution in [2.45, 2.75) is 44.9 Å². The Morgan fingerprint density at radius 2 is 1.78 bits per heavy atom. The highest BCUT2D eigenvalue weighted by molar-refractivity contribution is 5.82. The first-order valence-electron chi connectivity index (χ1n) is 5.95. The summed E-state index contributed by atoms with van der Waals surface area (Å²) in [7, 11) is 0. The lowest BCUT2D eigenvalue weighted by atomic mass is 9.87. The Morgan fingerprint density at radius 3 is 2.17 bits per heavy atom. The zero-order valence-electron chi connectivity index (χ0n) is 11.3. The lowest BCUT2D eigenvalue weighted by Gasteiger charge is -2.33. The minimum Gasteiger partial charge on any atom is -0.458 e. The summed E-state index contributed by atoms with van der Waals surface area (Å²) in [6.07, 6.45) is 0. The topological polar surface area (TPSA) is 72.5 Å². The monoisotopic (exact) mass is 251 g/mol. The Labute approximate surface area is 108 Å². The highest BCUT2D eigenvalue weighted by Crippen LogP contribution is 2.27. The smallest absolute Gasteiger partial charge is 0.345 e. The third-order valence-corrected chi connectivity index (χ3v) is 2.58. The number of aliphatic hydroxyl groups is 1. The van der Waals surface area contributed by atoms with E-state index in [0.717, 1.165) is 0 Å². The highest BCUT2D eigenvalue weighted by Gasteiger charge is 2.44. The van der Waals surface area contributed by atoms with Crippen LogP contribution >= 0.6 is 0 Å². The highest BCUT2D eigenvalue weighted by atomic mass is 16.6. The van der Waals surface area contributed by atoms with E-state index in [0.29, 0.717) is 5.56 Å². The van der Waals surface area contributed by atoms with Crippen LogP contribution in [0.15, 0.2) is 30.3 Å². The molecule has 3 N–H and O–H groups in total. The van der Waals surface area contributed by atoms with Gasteiger partial charge >= 0.3 is 5.97 Å². The van der Waals surface area contributed by atoms with Gasteiger partial charge in [0.05, 0.1) is 0 Å². The number of carbonyl (C=O) groups is 1. The number of benzene rings is 1. The van der Waals surface area contributed by atoms with Crippen LogP contribution in [0.25, 0.3) is 0 Å². The Bertz CT molecular complexity index is 409. The molecule has 0 amide bonds. The Kier molecular flexibility index (Phi) is 4.14. The fraction of sp³-hybridized carbons (Fsp3) is 0.500. The van der Waals surface area contributed by atoms with E-state index >= 15 is 0 Å². The maximum Gasteiger partial charge on any atom is 0.345 e. The SMILES string of the molecule is C[C@@H](N)[C@](O)(C(=O)OC(C)(C)C)c1ccccc1. The fourth-order valence-corrected chi connectivity index (χ4v) is 1.61. The summed E-state index contributed by atoms with van der Waals surface area (Å²) in [5, 5.41) is 10.6. The molecule has 2 atom stereocenters. The Hall–Kier alpha value is -1.39. The quantitative estimate of drug-likeness (QED) is 0.800. The number of hydrogen-bond acceptors (Lipinski definition) is 4. The van der Waals surface area contributed by atoms with Gasteiger partial charge in [-0.15, -0.1) is 0 Å². The first kappa shape index (κ1) is 14.7. The average Bonchev–Trinajstić information content (AvgIpc) is 2.26. The van der Waals surface area contributed by atoms with Crippen LogP contribution in [0.3, 0.4) is 0 Å². The van der Waals surface area contributed by atoms with Gasteiger partial charge < -0.3 is 15.6 Å². The van der Waals surface area contributed by atoms with E-state index in [2.05, 4.69) is 0 Å². The number of esters is 1. The van der Waals surface area contributed by atoms with Gasteiger partial charge in [-0.05, 0) is 33.3 Å². The van der Waals surface area contributed by atoms with Gasteiger partial charge in [-0.1, -0.05) is 30.3 Å². The van der Waals surface area contributed by atoms with E-state index in [4.69, 9.17) is 10.5 Å². The lowest BCUT2D eigenvalue weighted by molar-refractivity contribution is -0.180. The lowest BCUT2D eigenvalue weighted by Crippen LogP contribution is -2.52. The van der Waals surface area contributed by atoms with Gasteiger partial charge in [-0.25, -0.2) is 4.79 Å². The summed E-state index contributed by atoms with van der Waals surface area (Å²) < 4.78 is 5.25. The van der Waals surface area contributed by atoms with Crippen LogP contribution in [-0.4, -0.2) is 22.7 Å². The van der Waals surface area contributed by atoms with E-state index in [9.17, 15) is 9.90 Å². The van der Waals surface area contributed by atoms with Crippen molar-refractivity contribution in [1.29, 1.82) is 0 Å². The number of rotatable bonds is 3. The van der Waals surface area contributed by atoms with Crippen LogP contribution in [0, 0.1) is 0 Å². The number of carbonyl (C=O) groups excluding carboxylic acids is 1. The molecule has 0 radical (unpaired) electrons. The van der Waals surface area contributed by atoms with Crippen LogP contribution in [0.1, 0.15) is 33.3 Å². The first-order valence-corrected chi connectivity index (χ1v) is 5.95. The molecule has 1 aromatic rings. The minimum atomic E-state index is -1.82. The molecule has 0 aliphatic heterocycles. The standard InChI is InChI=1S/C14H21NO3/c1-10(15)14(17,11-8-6-5-7-9-11)12(16)18-13(2,3)4/h5-10,17H,15H2,1-4H3/t10-,14-/m1/s1. The zero-order valence-corrected chi connectivity index (χ0v) is 11.3. The predicted octanol–water partition coefficient (Wildman–Crippen LogP) is 1.56. The van der Waals surface area contributed by atoms with Crippen molar-refractivity contribution < 1.29 is 14.6 Å². The van der Waals surface area contributed by atoms with Crippen LogP contribution in [-0.2, 0) is 15.1 Å². The second-order valence-electron chi connectivity index (χ2n) is 5.42. The molecule has 1 rings (SSSR count). The van der Waals surface area contributed by atoms with E-state index in [1.807, 2.05) is 0 Å². The van der Waals surface area contributed by atoms with Crippen molar-refractivity contribution in [3.63, 3.8) is 0 Å². The number of nitrogens with two attached hydrogens (primary N) is 1. The maximum atomic E-state index is 12.2. The molecule has 18 heavy (non-hydrogen) atoms. The second kappa shape index (κ2) is 5.08. The van der Waals surface area contributed by atoms with Crippen molar-refractivity contribution in [3.8, 4) is 0 Å². The van der Waals surface area contributed by atoms with Crippen molar-refractivity contribution in [2.75, 3.05) is 0 Å². The maximum absolute atomic E-state index is 12.2. The van der Waals surface area contributed by atoms with Crippen molar-refractivity contribution >= 4 is 5.97 Å². The third kappa shape index (κ3) is 3.09. The van der Waals surface area contributed by atoms with Crippen LogP contribution in [0.4, 0.5) is 0 Å². The first-order chi connectivity index (χ1) is 8.18. The van der Waals surface area contributed by atoms with Crippen LogP contribution in [0.5, 0.6) is 0 Å². The number of hydrogen-bond donors (Lipinski definition) is 2. The molecule has 0 fully saturated rings. The molecular formula is C14H21NO3. The van der Waals surface area contributed by atoms with Crippen molar-refractivity contribution in [3.05, 3.63) is 35.9 Å². The molecule has 0 spiro atoms. The minimum absolute atomic E-state index is 0.439. The molecule has 1 aromatic carbocycles. The molecule has 0 bridgehead atoms.